The summed E-state index contributed by atoms with van der Waals surface area (Å²) < 4.78 is 27.0. The number of carbonyl (C=O) groups is 1. The number of nitrogens with one attached hydrogen (secondary N) is 1. The second-order valence-electron chi connectivity index (χ2n) is 8.61. The average molecular weight is 474 g/mol. The minimum absolute atomic E-state index is 0.0552. The minimum Gasteiger partial charge on any atom is -0.349 e. The maximum absolute atomic E-state index is 12.7. The van der Waals surface area contributed by atoms with Crippen molar-refractivity contribution in [1.29, 1.82) is 0 Å². The lowest BCUT2D eigenvalue weighted by Crippen LogP contribution is -2.35. The molecule has 1 aliphatic heterocycles. The van der Waals surface area contributed by atoms with Gasteiger partial charge in [-0.3, -0.25) is 4.79 Å². The maximum Gasteiger partial charge on any atom is 0.244 e. The number of fused-ring (bicyclic) bond motifs is 1. The molecule has 4 rings (SSSR count). The van der Waals surface area contributed by atoms with E-state index in [1.54, 1.807) is 12.1 Å². The van der Waals surface area contributed by atoms with Crippen molar-refractivity contribution in [2.75, 3.05) is 18.8 Å². The molecule has 1 amide bonds. The van der Waals surface area contributed by atoms with E-state index < -0.39 is 10.0 Å². The van der Waals surface area contributed by atoms with Gasteiger partial charge in [-0.05, 0) is 74.3 Å². The third-order valence-corrected chi connectivity index (χ3v) is 9.09. The van der Waals surface area contributed by atoms with E-state index in [4.69, 9.17) is 0 Å². The topological polar surface area (TPSA) is 79.4 Å². The first-order valence-electron chi connectivity index (χ1n) is 11.4. The van der Waals surface area contributed by atoms with Crippen LogP contribution in [-0.2, 0) is 27.7 Å². The summed E-state index contributed by atoms with van der Waals surface area (Å²) in [6, 6.07) is 9.76. The smallest absolute Gasteiger partial charge is 0.244 e. The highest BCUT2D eigenvalue weighted by Crippen LogP contribution is 2.25. The van der Waals surface area contributed by atoms with Gasteiger partial charge in [0.05, 0.1) is 16.8 Å². The van der Waals surface area contributed by atoms with Gasteiger partial charge < -0.3 is 5.32 Å². The number of carbonyl (C=O) groups excluding carboxylic acids is 1. The Hall–Kier alpha value is -1.90. The van der Waals surface area contributed by atoms with E-state index in [0.717, 1.165) is 37.7 Å². The highest BCUT2D eigenvalue weighted by Gasteiger charge is 2.26. The monoisotopic (exact) mass is 473 g/mol. The van der Waals surface area contributed by atoms with Gasteiger partial charge in [-0.2, -0.15) is 4.31 Å². The fourth-order valence-electron chi connectivity index (χ4n) is 4.39. The molecule has 2 aromatic rings. The Balaban J connectivity index is 1.30. The van der Waals surface area contributed by atoms with Crippen LogP contribution < -0.4 is 5.32 Å². The van der Waals surface area contributed by atoms with Crippen LogP contribution in [0.5, 0.6) is 0 Å². The van der Waals surface area contributed by atoms with Crippen molar-refractivity contribution in [3.63, 3.8) is 0 Å². The summed E-state index contributed by atoms with van der Waals surface area (Å²) in [5.74, 6) is 0.174. The Morgan fingerprint density at radius 2 is 1.81 bits per heavy atom. The quantitative estimate of drug-likeness (QED) is 0.613. The lowest BCUT2D eigenvalue weighted by molar-refractivity contribution is -0.119. The fraction of sp³-hybridized carbons (Fsp3) is 0.500. The molecule has 1 aromatic heterocycles. The Morgan fingerprint density at radius 1 is 1.06 bits per heavy atom. The largest absolute Gasteiger partial charge is 0.349 e. The van der Waals surface area contributed by atoms with Crippen LogP contribution in [0.3, 0.4) is 0 Å². The molecule has 0 radical (unpaired) electrons. The Morgan fingerprint density at radius 3 is 2.53 bits per heavy atom. The van der Waals surface area contributed by atoms with Crippen LogP contribution >= 0.6 is 11.8 Å². The van der Waals surface area contributed by atoms with Gasteiger partial charge in [0.2, 0.25) is 15.9 Å². The highest BCUT2D eigenvalue weighted by atomic mass is 32.2. The molecule has 2 heterocycles. The van der Waals surface area contributed by atoms with Gasteiger partial charge in [0.25, 0.3) is 0 Å². The first-order valence-corrected chi connectivity index (χ1v) is 13.9. The van der Waals surface area contributed by atoms with Gasteiger partial charge in [0.1, 0.15) is 4.90 Å². The van der Waals surface area contributed by atoms with Gasteiger partial charge in [0, 0.05) is 19.3 Å². The normalized spacial score (nSPS) is 18.0. The maximum atomic E-state index is 12.7. The van der Waals surface area contributed by atoms with E-state index in [0.29, 0.717) is 18.1 Å². The van der Waals surface area contributed by atoms with Crippen molar-refractivity contribution in [3.05, 3.63) is 53.2 Å². The minimum atomic E-state index is -3.48. The molecule has 172 valence electrons. The SMILES string of the molecule is CC(NC(=O)CSc1ccc(S(=O)(=O)N2CCCCC2)cn1)c1ccc2c(c1)CCCC2. The molecule has 1 fully saturated rings. The molecule has 0 spiro atoms. The van der Waals surface area contributed by atoms with Gasteiger partial charge >= 0.3 is 0 Å². The zero-order chi connectivity index (χ0) is 22.6. The van der Waals surface area contributed by atoms with Gasteiger partial charge in [-0.25, -0.2) is 13.4 Å². The molecule has 1 unspecified atom stereocenters. The van der Waals surface area contributed by atoms with Crippen LogP contribution in [-0.4, -0.2) is 42.5 Å². The summed E-state index contributed by atoms with van der Waals surface area (Å²) in [5, 5.41) is 3.70. The zero-order valence-electron chi connectivity index (χ0n) is 18.5. The number of hydrogen-bond acceptors (Lipinski definition) is 5. The number of benzene rings is 1. The number of amides is 1. The van der Waals surface area contributed by atoms with Crippen LogP contribution in [0.1, 0.15) is 61.8 Å². The fourth-order valence-corrected chi connectivity index (χ4v) is 6.50. The molecule has 1 N–H and O–H groups in total. The first-order chi connectivity index (χ1) is 15.4. The number of sulfonamides is 1. The van der Waals surface area contributed by atoms with E-state index in [-0.39, 0.29) is 22.6 Å². The van der Waals surface area contributed by atoms with Crippen LogP contribution in [0.15, 0.2) is 46.5 Å². The summed E-state index contributed by atoms with van der Waals surface area (Å²) in [6.45, 7) is 3.15. The average Bonchev–Trinajstić information content (AvgIpc) is 2.83. The summed E-state index contributed by atoms with van der Waals surface area (Å²) in [7, 11) is -3.48. The van der Waals surface area contributed by atoms with Crippen molar-refractivity contribution >= 4 is 27.7 Å². The van der Waals surface area contributed by atoms with Crippen molar-refractivity contribution in [2.45, 2.75) is 67.8 Å². The van der Waals surface area contributed by atoms with Crippen LogP contribution in [0.2, 0.25) is 0 Å². The molecule has 8 heteroatoms. The van der Waals surface area contributed by atoms with Crippen molar-refractivity contribution in [3.8, 4) is 0 Å². The van der Waals surface area contributed by atoms with Gasteiger partial charge in [0.15, 0.2) is 0 Å². The van der Waals surface area contributed by atoms with Crippen LogP contribution in [0.25, 0.3) is 0 Å². The number of rotatable bonds is 7. The van der Waals surface area contributed by atoms with Crippen molar-refractivity contribution < 1.29 is 13.2 Å². The van der Waals surface area contributed by atoms with E-state index in [1.165, 1.54) is 46.2 Å². The molecule has 32 heavy (non-hydrogen) atoms. The van der Waals surface area contributed by atoms with Crippen LogP contribution in [0, 0.1) is 0 Å². The number of aromatic nitrogens is 1. The van der Waals surface area contributed by atoms with E-state index >= 15 is 0 Å². The second-order valence-corrected chi connectivity index (χ2v) is 11.5. The van der Waals surface area contributed by atoms with Gasteiger partial charge in [-0.1, -0.05) is 36.4 Å². The molecule has 1 aliphatic carbocycles. The first kappa shape index (κ1) is 23.3. The molecule has 0 saturated carbocycles. The summed E-state index contributed by atoms with van der Waals surface area (Å²) >= 11 is 1.31. The molecule has 1 saturated heterocycles. The number of nitrogens with zero attached hydrogens (tertiary/aromatic N) is 2. The molecule has 2 aliphatic rings. The second kappa shape index (κ2) is 10.4. The molecule has 1 atom stereocenters. The van der Waals surface area contributed by atoms with Crippen molar-refractivity contribution in [2.24, 2.45) is 0 Å². The van der Waals surface area contributed by atoms with E-state index in [9.17, 15) is 13.2 Å². The molecule has 0 bridgehead atoms. The summed E-state index contributed by atoms with van der Waals surface area (Å²) in [5.41, 5.74) is 3.98. The van der Waals surface area contributed by atoms with Crippen molar-refractivity contribution in [1.82, 2.24) is 14.6 Å². The third kappa shape index (κ3) is 5.53. The molecule has 6 nitrogen and oxygen atoms in total. The van der Waals surface area contributed by atoms with E-state index in [2.05, 4.69) is 28.5 Å². The molecular weight excluding hydrogens is 442 g/mol. The van der Waals surface area contributed by atoms with Gasteiger partial charge in [-0.15, -0.1) is 0 Å². The summed E-state index contributed by atoms with van der Waals surface area (Å²) in [6.07, 6.45) is 9.05. The highest BCUT2D eigenvalue weighted by molar-refractivity contribution is 7.99. The predicted molar refractivity (Wildman–Crippen MR) is 127 cm³/mol. The molecular formula is C24H31N3O3S2. The number of piperidine rings is 1. The van der Waals surface area contributed by atoms with E-state index in [1.807, 2.05) is 6.92 Å². The zero-order valence-corrected chi connectivity index (χ0v) is 20.2. The number of aryl methyl sites for hydroxylation is 2. The Kier molecular flexibility index (Phi) is 7.53. The number of pyridine rings is 1. The number of hydrogen-bond donors (Lipinski definition) is 1. The Bertz CT molecular complexity index is 1050. The van der Waals surface area contributed by atoms with Crippen LogP contribution in [0.4, 0.5) is 0 Å². The standard InChI is InChI=1S/C24H31N3O3S2/c1-18(20-10-9-19-7-3-4-8-21(19)15-20)26-23(28)17-31-24-12-11-22(16-25-24)32(29,30)27-13-5-2-6-14-27/h9-12,15-16,18H,2-8,13-14,17H2,1H3,(H,26,28). The third-order valence-electron chi connectivity index (χ3n) is 6.26. The number of thioether (sulfide) groups is 1. The Labute approximate surface area is 195 Å². The summed E-state index contributed by atoms with van der Waals surface area (Å²) in [4.78, 5) is 17.0. The predicted octanol–water partition coefficient (Wildman–Crippen LogP) is 4.10. The lowest BCUT2D eigenvalue weighted by atomic mass is 9.89. The lowest BCUT2D eigenvalue weighted by Gasteiger charge is -2.25. The molecule has 1 aromatic carbocycles.